The maximum atomic E-state index is 14.3. The first-order valence-electron chi connectivity index (χ1n) is 18.8. The van der Waals surface area contributed by atoms with Gasteiger partial charge in [-0.2, -0.15) is 0 Å². The summed E-state index contributed by atoms with van der Waals surface area (Å²) in [5, 5.41) is 21.0. The molecule has 3 aromatic rings. The number of aldehydes is 1. The molecule has 8 N–H and O–H groups in total. The van der Waals surface area contributed by atoms with Crippen molar-refractivity contribution in [3.8, 4) is 5.75 Å². The Hall–Kier alpha value is -5.57. The van der Waals surface area contributed by atoms with Crippen LogP contribution in [0.15, 0.2) is 67.1 Å². The van der Waals surface area contributed by atoms with E-state index in [1.54, 1.807) is 32.9 Å². The molecule has 1 aromatic heterocycles. The number of aromatic nitrogens is 2. The zero-order valence-corrected chi connectivity index (χ0v) is 31.9. The van der Waals surface area contributed by atoms with Crippen LogP contribution in [-0.4, -0.2) is 98.6 Å². The van der Waals surface area contributed by atoms with Gasteiger partial charge in [0.25, 0.3) is 0 Å². The van der Waals surface area contributed by atoms with Crippen molar-refractivity contribution in [3.05, 3.63) is 83.9 Å². The second-order valence-corrected chi connectivity index (χ2v) is 14.5. The van der Waals surface area contributed by atoms with E-state index in [1.165, 1.54) is 29.6 Å². The smallest absolute Gasteiger partial charge is 0.246 e. The van der Waals surface area contributed by atoms with Gasteiger partial charge in [-0.1, -0.05) is 76.6 Å². The number of nitrogens with zero attached hydrogens (tertiary/aromatic N) is 2. The minimum Gasteiger partial charge on any atom is -0.508 e. The minimum absolute atomic E-state index is 0.0220. The zero-order chi connectivity index (χ0) is 40.1. The van der Waals surface area contributed by atoms with Crippen LogP contribution in [0.2, 0.25) is 0 Å². The molecule has 1 fully saturated rings. The standard InChI is InChI=1S/C40H54N8O7/c1-5-25(4)35(47-36(51)31(45-38(53)34(41)24(2)3)19-27-13-15-30(50)16-14-27)39(54)46-32(20-28-21-42-23-43-28)40(55)48-17-9-12-33(48)37(52)44-29(22-49)18-26-10-7-6-8-11-26/h6-8,10-11,13-16,21-25,29,31-35,50H,5,9,12,17-20,41H2,1-4H3,(H,42,43)(H,44,52)(H,45,53)(H,46,54)(H,47,51)/t25-,29-,31-,32-,33-,34-,35-/m0/s1. The third-order valence-electron chi connectivity index (χ3n) is 10.0. The molecule has 0 bridgehead atoms. The number of likely N-dealkylation sites (tertiary alicyclic amines) is 1. The lowest BCUT2D eigenvalue weighted by molar-refractivity contribution is -0.142. The molecule has 1 aliphatic heterocycles. The number of nitrogens with two attached hydrogens (primary N) is 1. The highest BCUT2D eigenvalue weighted by molar-refractivity contribution is 5.96. The van der Waals surface area contributed by atoms with Gasteiger partial charge in [0, 0.05) is 31.3 Å². The first kappa shape index (κ1) is 42.2. The van der Waals surface area contributed by atoms with Gasteiger partial charge >= 0.3 is 0 Å². The number of amides is 5. The Labute approximate surface area is 321 Å². The van der Waals surface area contributed by atoms with Gasteiger partial charge in [0.15, 0.2) is 0 Å². The third kappa shape index (κ3) is 12.0. The first-order valence-corrected chi connectivity index (χ1v) is 18.8. The number of aromatic amines is 1. The normalized spacial score (nSPS) is 17.3. The molecule has 2 heterocycles. The molecule has 4 rings (SSSR count). The number of carbonyl (C=O) groups excluding carboxylic acids is 6. The first-order chi connectivity index (χ1) is 26.3. The van der Waals surface area contributed by atoms with Gasteiger partial charge in [-0.05, 0) is 54.4 Å². The number of H-pyrrole nitrogens is 1. The Balaban J connectivity index is 1.54. The number of imidazole rings is 1. The predicted molar refractivity (Wildman–Crippen MR) is 205 cm³/mol. The molecule has 0 radical (unpaired) electrons. The Morgan fingerprint density at radius 1 is 0.891 bits per heavy atom. The minimum atomic E-state index is -1.15. The van der Waals surface area contributed by atoms with E-state index >= 15 is 0 Å². The summed E-state index contributed by atoms with van der Waals surface area (Å²) in [5.41, 5.74) is 8.18. The third-order valence-corrected chi connectivity index (χ3v) is 10.0. The number of aromatic hydroxyl groups is 1. The summed E-state index contributed by atoms with van der Waals surface area (Å²) in [6, 6.07) is 9.55. The molecule has 55 heavy (non-hydrogen) atoms. The molecule has 15 heteroatoms. The van der Waals surface area contributed by atoms with Crippen molar-refractivity contribution in [1.29, 1.82) is 0 Å². The van der Waals surface area contributed by atoms with Gasteiger partial charge in [-0.3, -0.25) is 24.0 Å². The second kappa shape index (κ2) is 20.2. The monoisotopic (exact) mass is 758 g/mol. The van der Waals surface area contributed by atoms with Gasteiger partial charge in [0.05, 0.1) is 18.4 Å². The van der Waals surface area contributed by atoms with Crippen LogP contribution in [0, 0.1) is 11.8 Å². The second-order valence-electron chi connectivity index (χ2n) is 14.5. The van der Waals surface area contributed by atoms with Crippen molar-refractivity contribution in [3.63, 3.8) is 0 Å². The van der Waals surface area contributed by atoms with E-state index in [2.05, 4.69) is 31.2 Å². The van der Waals surface area contributed by atoms with Crippen molar-refractivity contribution < 1.29 is 33.9 Å². The maximum absolute atomic E-state index is 14.3. The fraction of sp³-hybridized carbons (Fsp3) is 0.475. The van der Waals surface area contributed by atoms with Gasteiger partial charge in [0.1, 0.15) is 36.2 Å². The molecule has 1 saturated heterocycles. The fourth-order valence-electron chi connectivity index (χ4n) is 6.46. The summed E-state index contributed by atoms with van der Waals surface area (Å²) >= 11 is 0. The summed E-state index contributed by atoms with van der Waals surface area (Å²) in [6.45, 7) is 7.49. The largest absolute Gasteiger partial charge is 0.508 e. The average Bonchev–Trinajstić information content (AvgIpc) is 3.89. The average molecular weight is 759 g/mol. The summed E-state index contributed by atoms with van der Waals surface area (Å²) in [6.07, 6.45) is 5.43. The number of rotatable bonds is 19. The molecule has 1 aliphatic rings. The lowest BCUT2D eigenvalue weighted by Crippen LogP contribution is -2.61. The van der Waals surface area contributed by atoms with Crippen LogP contribution in [-0.2, 0) is 48.0 Å². The van der Waals surface area contributed by atoms with E-state index < -0.39 is 71.7 Å². The quantitative estimate of drug-likeness (QED) is 0.0873. The molecule has 0 unspecified atom stereocenters. The number of nitrogens with one attached hydrogen (secondary N) is 5. The lowest BCUT2D eigenvalue weighted by Gasteiger charge is -2.31. The Bertz CT molecular complexity index is 1740. The lowest BCUT2D eigenvalue weighted by atomic mass is 9.96. The number of benzene rings is 2. The van der Waals surface area contributed by atoms with Crippen LogP contribution in [0.5, 0.6) is 5.75 Å². The van der Waals surface area contributed by atoms with Crippen LogP contribution in [0.1, 0.15) is 63.8 Å². The summed E-state index contributed by atoms with van der Waals surface area (Å²) in [7, 11) is 0. The molecule has 296 valence electrons. The number of phenolic OH excluding ortho intramolecular Hbond substituents is 1. The molecular weight excluding hydrogens is 704 g/mol. The Morgan fingerprint density at radius 2 is 1.56 bits per heavy atom. The summed E-state index contributed by atoms with van der Waals surface area (Å²) in [5.74, 6) is -3.32. The van der Waals surface area contributed by atoms with Crippen LogP contribution in [0.25, 0.3) is 0 Å². The Kier molecular flexibility index (Phi) is 15.5. The summed E-state index contributed by atoms with van der Waals surface area (Å²) < 4.78 is 0. The fourth-order valence-corrected chi connectivity index (χ4v) is 6.46. The van der Waals surface area contributed by atoms with Crippen molar-refractivity contribution in [2.75, 3.05) is 6.54 Å². The van der Waals surface area contributed by atoms with Gasteiger partial charge < -0.3 is 46.8 Å². The van der Waals surface area contributed by atoms with Crippen LogP contribution in [0.4, 0.5) is 0 Å². The SMILES string of the molecule is CC[C@H](C)[C@H](NC(=O)[C@H](Cc1ccc(O)cc1)NC(=O)[C@@H](N)C(C)C)C(=O)N[C@@H](Cc1cnc[nH]1)C(=O)N1CCC[C@H]1C(=O)N[C@H](C=O)Cc1ccccc1. The molecule has 5 amide bonds. The number of carbonyl (C=O) groups is 6. The van der Waals surface area contributed by atoms with Crippen molar-refractivity contribution in [2.24, 2.45) is 17.6 Å². The number of hydrogen-bond acceptors (Lipinski definition) is 9. The van der Waals surface area contributed by atoms with Crippen LogP contribution >= 0.6 is 0 Å². The van der Waals surface area contributed by atoms with E-state index in [0.29, 0.717) is 43.2 Å². The van der Waals surface area contributed by atoms with E-state index in [-0.39, 0.29) is 31.1 Å². The Morgan fingerprint density at radius 3 is 2.18 bits per heavy atom. The van der Waals surface area contributed by atoms with Crippen molar-refractivity contribution >= 4 is 35.8 Å². The molecule has 2 aromatic carbocycles. The zero-order valence-electron chi connectivity index (χ0n) is 31.9. The van der Waals surface area contributed by atoms with Gasteiger partial charge in [0.2, 0.25) is 29.5 Å². The van der Waals surface area contributed by atoms with Gasteiger partial charge in [-0.25, -0.2) is 4.98 Å². The molecule has 7 atom stereocenters. The molecule has 15 nitrogen and oxygen atoms in total. The van der Waals surface area contributed by atoms with Crippen LogP contribution < -0.4 is 27.0 Å². The molecule has 0 aliphatic carbocycles. The van der Waals surface area contributed by atoms with Crippen molar-refractivity contribution in [1.82, 2.24) is 36.1 Å². The summed E-state index contributed by atoms with van der Waals surface area (Å²) in [4.78, 5) is 89.4. The van der Waals surface area contributed by atoms with Crippen LogP contribution in [0.3, 0.4) is 0 Å². The van der Waals surface area contributed by atoms with E-state index in [1.807, 2.05) is 37.3 Å². The maximum Gasteiger partial charge on any atom is 0.246 e. The highest BCUT2D eigenvalue weighted by Gasteiger charge is 2.40. The number of phenols is 1. The molecular formula is C40H54N8O7. The van der Waals surface area contributed by atoms with E-state index in [9.17, 15) is 33.9 Å². The predicted octanol–water partition coefficient (Wildman–Crippen LogP) is 1.30. The molecule has 0 spiro atoms. The van der Waals surface area contributed by atoms with Crippen molar-refractivity contribution in [2.45, 2.75) is 102 Å². The highest BCUT2D eigenvalue weighted by Crippen LogP contribution is 2.21. The highest BCUT2D eigenvalue weighted by atomic mass is 16.3. The van der Waals surface area contributed by atoms with E-state index in [0.717, 1.165) is 5.56 Å². The van der Waals surface area contributed by atoms with Gasteiger partial charge in [-0.15, -0.1) is 0 Å². The van der Waals surface area contributed by atoms with E-state index in [4.69, 9.17) is 5.73 Å². The molecule has 0 saturated carbocycles. The topological polar surface area (TPSA) is 229 Å². The number of hydrogen-bond donors (Lipinski definition) is 7.